The van der Waals surface area contributed by atoms with Crippen LogP contribution in [-0.4, -0.2) is 47.9 Å². The van der Waals surface area contributed by atoms with Gasteiger partial charge in [-0.3, -0.25) is 0 Å². The Morgan fingerprint density at radius 2 is 2.04 bits per heavy atom. The molecule has 0 aromatic heterocycles. The number of nitrogens with zero attached hydrogens (tertiary/aromatic N) is 1. The van der Waals surface area contributed by atoms with Crippen LogP contribution < -0.4 is 5.32 Å². The van der Waals surface area contributed by atoms with Gasteiger partial charge in [0.1, 0.15) is 6.61 Å². The highest BCUT2D eigenvalue weighted by Gasteiger charge is 2.32. The largest absolute Gasteiger partial charge is 0.445 e. The normalized spacial score (nSPS) is 21.0. The first-order chi connectivity index (χ1) is 11.3. The zero-order valence-electron chi connectivity index (χ0n) is 13.9. The molecule has 1 saturated carbocycles. The lowest BCUT2D eigenvalue weighted by atomic mass is 9.89. The molecular weight excluding hydrogens is 292 g/mol. The molecule has 1 aliphatic rings. The molecule has 23 heavy (non-hydrogen) atoms. The lowest BCUT2D eigenvalue weighted by molar-refractivity contribution is 0.0639. The van der Waals surface area contributed by atoms with E-state index in [9.17, 15) is 4.79 Å². The van der Waals surface area contributed by atoms with Crippen molar-refractivity contribution in [2.45, 2.75) is 51.3 Å². The van der Waals surface area contributed by atoms with Gasteiger partial charge in [-0.15, -0.1) is 0 Å². The van der Waals surface area contributed by atoms with Crippen LogP contribution in [0.4, 0.5) is 4.79 Å². The summed E-state index contributed by atoms with van der Waals surface area (Å²) >= 11 is 0. The number of benzene rings is 1. The summed E-state index contributed by atoms with van der Waals surface area (Å²) in [6.07, 6.45) is 4.06. The van der Waals surface area contributed by atoms with E-state index in [1.54, 1.807) is 0 Å². The first-order valence-electron chi connectivity index (χ1n) is 8.57. The molecule has 0 spiro atoms. The summed E-state index contributed by atoms with van der Waals surface area (Å²) < 4.78 is 5.50. The van der Waals surface area contributed by atoms with Crippen LogP contribution in [-0.2, 0) is 11.3 Å². The predicted molar refractivity (Wildman–Crippen MR) is 90.1 cm³/mol. The molecule has 1 aromatic rings. The zero-order valence-corrected chi connectivity index (χ0v) is 13.9. The maximum absolute atomic E-state index is 12.5. The van der Waals surface area contributed by atoms with Gasteiger partial charge in [0, 0.05) is 19.1 Å². The highest BCUT2D eigenvalue weighted by atomic mass is 16.6. The number of hydrogen-bond donors (Lipinski definition) is 2. The van der Waals surface area contributed by atoms with Crippen molar-refractivity contribution in [1.82, 2.24) is 10.2 Å². The van der Waals surface area contributed by atoms with Crippen molar-refractivity contribution in [3.05, 3.63) is 35.9 Å². The number of rotatable bonds is 7. The molecule has 1 amide bonds. The molecule has 0 radical (unpaired) electrons. The van der Waals surface area contributed by atoms with Gasteiger partial charge in [-0.2, -0.15) is 0 Å². The van der Waals surface area contributed by atoms with Crippen molar-refractivity contribution >= 4 is 6.09 Å². The number of hydrogen-bond acceptors (Lipinski definition) is 4. The van der Waals surface area contributed by atoms with Gasteiger partial charge in [0.25, 0.3) is 0 Å². The quantitative estimate of drug-likeness (QED) is 0.810. The fraction of sp³-hybridized carbons (Fsp3) is 0.611. The summed E-state index contributed by atoms with van der Waals surface area (Å²) in [6, 6.07) is 10.1. The third-order valence-corrected chi connectivity index (χ3v) is 4.43. The van der Waals surface area contributed by atoms with Gasteiger partial charge in [-0.25, -0.2) is 4.79 Å². The van der Waals surface area contributed by atoms with E-state index >= 15 is 0 Å². The third-order valence-electron chi connectivity index (χ3n) is 4.43. The summed E-state index contributed by atoms with van der Waals surface area (Å²) in [7, 11) is 0. The van der Waals surface area contributed by atoms with Gasteiger partial charge in [0.15, 0.2) is 0 Å². The number of carbonyl (C=O) groups is 1. The van der Waals surface area contributed by atoms with Crippen LogP contribution in [0.15, 0.2) is 30.3 Å². The number of likely N-dealkylation sites (N-methyl/N-ethyl adjacent to an activating group) is 1. The molecule has 1 fully saturated rings. The van der Waals surface area contributed by atoms with Crippen molar-refractivity contribution in [2.24, 2.45) is 0 Å². The third kappa shape index (κ3) is 5.22. The lowest BCUT2D eigenvalue weighted by Gasteiger charge is -2.39. The number of nitrogens with one attached hydrogen (secondary N) is 1. The molecule has 0 heterocycles. The molecule has 2 atom stereocenters. The van der Waals surface area contributed by atoms with Crippen LogP contribution in [0, 0.1) is 0 Å². The molecule has 1 aromatic carbocycles. The summed E-state index contributed by atoms with van der Waals surface area (Å²) in [5.41, 5.74) is 0.996. The second-order valence-corrected chi connectivity index (χ2v) is 5.96. The monoisotopic (exact) mass is 320 g/mol. The highest BCUT2D eigenvalue weighted by Crippen LogP contribution is 2.24. The second-order valence-electron chi connectivity index (χ2n) is 5.96. The van der Waals surface area contributed by atoms with E-state index in [1.807, 2.05) is 42.2 Å². The Morgan fingerprint density at radius 3 is 2.74 bits per heavy atom. The van der Waals surface area contributed by atoms with Gasteiger partial charge in [-0.1, -0.05) is 43.2 Å². The number of ether oxygens (including phenoxy) is 1. The van der Waals surface area contributed by atoms with Gasteiger partial charge < -0.3 is 20.1 Å². The average molecular weight is 320 g/mol. The minimum absolute atomic E-state index is 0.119. The summed E-state index contributed by atoms with van der Waals surface area (Å²) in [5, 5.41) is 12.4. The van der Waals surface area contributed by atoms with Crippen molar-refractivity contribution in [1.29, 1.82) is 0 Å². The Balaban J connectivity index is 1.94. The van der Waals surface area contributed by atoms with Crippen molar-refractivity contribution in [2.75, 3.05) is 19.7 Å². The van der Waals surface area contributed by atoms with Crippen LogP contribution in [0.5, 0.6) is 0 Å². The molecule has 5 nitrogen and oxygen atoms in total. The summed E-state index contributed by atoms with van der Waals surface area (Å²) in [4.78, 5) is 14.3. The van der Waals surface area contributed by atoms with Gasteiger partial charge >= 0.3 is 6.09 Å². The molecule has 2 rings (SSSR count). The van der Waals surface area contributed by atoms with Crippen molar-refractivity contribution < 1.29 is 14.6 Å². The van der Waals surface area contributed by atoms with Crippen LogP contribution in [0.1, 0.15) is 38.2 Å². The predicted octanol–water partition coefficient (Wildman–Crippen LogP) is 2.54. The first kappa shape index (κ1) is 17.8. The Labute approximate surface area is 138 Å². The molecule has 0 bridgehead atoms. The van der Waals surface area contributed by atoms with Gasteiger partial charge in [0.2, 0.25) is 0 Å². The number of carbonyl (C=O) groups excluding carboxylic acids is 1. The Morgan fingerprint density at radius 1 is 1.30 bits per heavy atom. The molecule has 0 aliphatic heterocycles. The molecule has 1 aliphatic carbocycles. The standard InChI is InChI=1S/C18H28N2O3/c1-2-20(17-11-7-6-10-16(17)19-12-13-21)18(22)23-14-15-8-4-3-5-9-15/h3-5,8-9,16-17,19,21H,2,6-7,10-14H2,1H3. The zero-order chi connectivity index (χ0) is 16.5. The van der Waals surface area contributed by atoms with Crippen LogP contribution in [0.2, 0.25) is 0 Å². The maximum atomic E-state index is 12.5. The minimum atomic E-state index is -0.251. The molecule has 5 heteroatoms. The number of aliphatic hydroxyl groups is 1. The molecular formula is C18H28N2O3. The van der Waals surface area contributed by atoms with E-state index in [-0.39, 0.29) is 24.8 Å². The number of aliphatic hydroxyl groups excluding tert-OH is 1. The van der Waals surface area contributed by atoms with E-state index in [4.69, 9.17) is 9.84 Å². The Bertz CT molecular complexity index is 467. The minimum Gasteiger partial charge on any atom is -0.445 e. The van der Waals surface area contributed by atoms with E-state index in [2.05, 4.69) is 5.32 Å². The Hall–Kier alpha value is -1.59. The number of amides is 1. The second kappa shape index (κ2) is 9.53. The van der Waals surface area contributed by atoms with Crippen molar-refractivity contribution in [3.8, 4) is 0 Å². The summed E-state index contributed by atoms with van der Waals surface area (Å²) in [5.74, 6) is 0. The maximum Gasteiger partial charge on any atom is 0.410 e. The Kier molecular flexibility index (Phi) is 7.36. The fourth-order valence-corrected chi connectivity index (χ4v) is 3.27. The van der Waals surface area contributed by atoms with Gasteiger partial charge in [-0.05, 0) is 25.3 Å². The molecule has 2 N–H and O–H groups in total. The van der Waals surface area contributed by atoms with E-state index in [1.165, 1.54) is 0 Å². The topological polar surface area (TPSA) is 61.8 Å². The van der Waals surface area contributed by atoms with Gasteiger partial charge in [0.05, 0.1) is 12.6 Å². The molecule has 2 unspecified atom stereocenters. The molecule has 128 valence electrons. The van der Waals surface area contributed by atoms with Crippen LogP contribution >= 0.6 is 0 Å². The smallest absolute Gasteiger partial charge is 0.410 e. The van der Waals surface area contributed by atoms with Crippen LogP contribution in [0.3, 0.4) is 0 Å². The van der Waals surface area contributed by atoms with E-state index in [0.717, 1.165) is 31.2 Å². The summed E-state index contributed by atoms with van der Waals surface area (Å²) in [6.45, 7) is 3.61. The molecule has 0 saturated heterocycles. The SMILES string of the molecule is CCN(C(=O)OCc1ccccc1)C1CCCCC1NCCO. The van der Waals surface area contributed by atoms with Crippen LogP contribution in [0.25, 0.3) is 0 Å². The highest BCUT2D eigenvalue weighted by molar-refractivity contribution is 5.68. The van der Waals surface area contributed by atoms with E-state index in [0.29, 0.717) is 19.7 Å². The average Bonchev–Trinajstić information content (AvgIpc) is 2.60. The van der Waals surface area contributed by atoms with E-state index < -0.39 is 0 Å². The fourth-order valence-electron chi connectivity index (χ4n) is 3.27. The first-order valence-corrected chi connectivity index (χ1v) is 8.57. The lowest BCUT2D eigenvalue weighted by Crippen LogP contribution is -2.54. The van der Waals surface area contributed by atoms with Crippen molar-refractivity contribution in [3.63, 3.8) is 0 Å².